The van der Waals surface area contributed by atoms with Crippen molar-refractivity contribution in [3.05, 3.63) is 5.82 Å². The Labute approximate surface area is 133 Å². The van der Waals surface area contributed by atoms with E-state index in [0.29, 0.717) is 36.1 Å². The van der Waals surface area contributed by atoms with Gasteiger partial charge < -0.3 is 15.8 Å². The van der Waals surface area contributed by atoms with Crippen molar-refractivity contribution in [3.63, 3.8) is 0 Å². The van der Waals surface area contributed by atoms with Crippen molar-refractivity contribution in [2.45, 2.75) is 70.8 Å². The van der Waals surface area contributed by atoms with E-state index in [1.807, 2.05) is 0 Å². The minimum absolute atomic E-state index is 0.452. The average Bonchev–Trinajstić information content (AvgIpc) is 3.34. The Morgan fingerprint density at radius 3 is 2.50 bits per heavy atom. The Balaban J connectivity index is 1.79. The Morgan fingerprint density at radius 1 is 1.14 bits per heavy atom. The molecule has 1 aromatic heterocycles. The molecule has 2 saturated carbocycles. The Hall–Kier alpha value is -1.52. The third-order valence-corrected chi connectivity index (χ3v) is 4.37. The molecule has 2 fully saturated rings. The zero-order chi connectivity index (χ0) is 15.5. The highest BCUT2D eigenvalue weighted by Gasteiger charge is 2.29. The quantitative estimate of drug-likeness (QED) is 0.838. The number of rotatable bonds is 6. The van der Waals surface area contributed by atoms with Gasteiger partial charge in [0, 0.05) is 12.0 Å². The van der Waals surface area contributed by atoms with Crippen molar-refractivity contribution >= 4 is 11.5 Å². The monoisotopic (exact) mass is 304 g/mol. The smallest absolute Gasteiger partial charge is 0.242 e. The van der Waals surface area contributed by atoms with Crippen LogP contribution >= 0.6 is 0 Å². The second-order valence-electron chi connectivity index (χ2n) is 7.11. The third-order valence-electron chi connectivity index (χ3n) is 4.37. The zero-order valence-electron chi connectivity index (χ0n) is 13.8. The van der Waals surface area contributed by atoms with Crippen LogP contribution in [0.4, 0.5) is 11.5 Å². The van der Waals surface area contributed by atoms with Crippen LogP contribution < -0.4 is 15.8 Å². The van der Waals surface area contributed by atoms with Gasteiger partial charge in [0.05, 0.1) is 6.61 Å². The second kappa shape index (κ2) is 6.71. The number of hydrogen-bond donors (Lipinski definition) is 2. The van der Waals surface area contributed by atoms with E-state index in [4.69, 9.17) is 10.5 Å². The minimum atomic E-state index is 0.452. The molecular weight excluding hydrogens is 276 g/mol. The number of nitrogens with two attached hydrogens (primary N) is 1. The lowest BCUT2D eigenvalue weighted by Gasteiger charge is -2.24. The van der Waals surface area contributed by atoms with Gasteiger partial charge in [-0.05, 0) is 31.6 Å². The van der Waals surface area contributed by atoms with Gasteiger partial charge in [-0.1, -0.05) is 33.1 Å². The van der Waals surface area contributed by atoms with E-state index in [1.54, 1.807) is 0 Å². The number of nitrogen functional groups attached to an aromatic ring is 1. The highest BCUT2D eigenvalue weighted by Crippen LogP contribution is 2.41. The lowest BCUT2D eigenvalue weighted by atomic mass is 9.95. The number of aromatic nitrogens is 2. The summed E-state index contributed by atoms with van der Waals surface area (Å²) < 4.78 is 5.83. The minimum Gasteiger partial charge on any atom is -0.476 e. The maximum atomic E-state index is 6.26. The molecule has 0 unspecified atom stereocenters. The van der Waals surface area contributed by atoms with Gasteiger partial charge >= 0.3 is 0 Å². The molecule has 0 saturated heterocycles. The van der Waals surface area contributed by atoms with Crippen molar-refractivity contribution in [1.29, 1.82) is 0 Å². The van der Waals surface area contributed by atoms with Gasteiger partial charge in [0.25, 0.3) is 0 Å². The van der Waals surface area contributed by atoms with Crippen LogP contribution in [-0.4, -0.2) is 22.6 Å². The molecule has 0 bridgehead atoms. The van der Waals surface area contributed by atoms with E-state index < -0.39 is 0 Å². The molecule has 1 aromatic rings. The highest BCUT2D eigenvalue weighted by atomic mass is 16.5. The summed E-state index contributed by atoms with van der Waals surface area (Å²) in [5.41, 5.74) is 6.83. The lowest BCUT2D eigenvalue weighted by Crippen LogP contribution is -2.24. The van der Waals surface area contributed by atoms with E-state index in [2.05, 4.69) is 29.1 Å². The van der Waals surface area contributed by atoms with Gasteiger partial charge in [-0.2, -0.15) is 4.98 Å². The van der Waals surface area contributed by atoms with Gasteiger partial charge in [-0.3, -0.25) is 0 Å². The number of ether oxygens (including phenoxy) is 1. The van der Waals surface area contributed by atoms with E-state index in [0.717, 1.165) is 11.6 Å². The predicted octanol–water partition coefficient (Wildman–Crippen LogP) is 3.72. The molecule has 0 amide bonds. The summed E-state index contributed by atoms with van der Waals surface area (Å²) in [4.78, 5) is 9.25. The first-order valence-electron chi connectivity index (χ1n) is 8.70. The van der Waals surface area contributed by atoms with Crippen LogP contribution in [0.2, 0.25) is 0 Å². The molecular formula is C17H28N4O. The molecule has 5 nitrogen and oxygen atoms in total. The Kier molecular flexibility index (Phi) is 4.69. The summed E-state index contributed by atoms with van der Waals surface area (Å²) >= 11 is 0. The van der Waals surface area contributed by atoms with Crippen LogP contribution in [0.5, 0.6) is 5.88 Å². The molecule has 0 aliphatic heterocycles. The van der Waals surface area contributed by atoms with Crippen molar-refractivity contribution in [2.75, 3.05) is 17.7 Å². The number of nitrogens with zero attached hydrogens (tertiary/aromatic N) is 2. The summed E-state index contributed by atoms with van der Waals surface area (Å²) in [7, 11) is 0. The van der Waals surface area contributed by atoms with E-state index in [9.17, 15) is 0 Å². The number of anilines is 2. The maximum Gasteiger partial charge on any atom is 0.242 e. The first kappa shape index (κ1) is 15.4. The molecule has 3 N–H and O–H groups in total. The molecule has 0 radical (unpaired) electrons. The van der Waals surface area contributed by atoms with Crippen LogP contribution in [-0.2, 0) is 0 Å². The van der Waals surface area contributed by atoms with Crippen LogP contribution in [0, 0.1) is 5.92 Å². The van der Waals surface area contributed by atoms with Crippen molar-refractivity contribution < 1.29 is 4.74 Å². The fraction of sp³-hybridized carbons (Fsp3) is 0.765. The second-order valence-corrected chi connectivity index (χ2v) is 7.11. The molecule has 22 heavy (non-hydrogen) atoms. The number of hydrogen-bond acceptors (Lipinski definition) is 5. The molecule has 2 aliphatic carbocycles. The molecule has 5 heteroatoms. The van der Waals surface area contributed by atoms with Crippen molar-refractivity contribution in [2.24, 2.45) is 5.92 Å². The van der Waals surface area contributed by atoms with Crippen LogP contribution in [0.1, 0.15) is 70.5 Å². The molecule has 0 aromatic carbocycles. The normalized spacial score (nSPS) is 19.4. The van der Waals surface area contributed by atoms with Crippen molar-refractivity contribution in [1.82, 2.24) is 9.97 Å². The van der Waals surface area contributed by atoms with Crippen molar-refractivity contribution in [3.8, 4) is 5.88 Å². The van der Waals surface area contributed by atoms with Crippen LogP contribution in [0.25, 0.3) is 0 Å². The van der Waals surface area contributed by atoms with Gasteiger partial charge in [-0.25, -0.2) is 4.98 Å². The van der Waals surface area contributed by atoms with Gasteiger partial charge in [0.2, 0.25) is 5.88 Å². The SMILES string of the molecule is CC(C)COc1nc(C2CC2)nc(NC2CCCCC2)c1N. The summed E-state index contributed by atoms with van der Waals surface area (Å²) in [5, 5.41) is 3.54. The third kappa shape index (κ3) is 3.81. The van der Waals surface area contributed by atoms with E-state index >= 15 is 0 Å². The maximum absolute atomic E-state index is 6.26. The van der Waals surface area contributed by atoms with Gasteiger partial charge in [0.1, 0.15) is 11.5 Å². The summed E-state index contributed by atoms with van der Waals surface area (Å²) in [5.74, 6) is 3.18. The molecule has 3 rings (SSSR count). The standard InChI is InChI=1S/C17H28N4O/c1-11(2)10-22-17-14(18)16(19-13-6-4-3-5-7-13)20-15(21-17)12-8-9-12/h11-13H,3-10,18H2,1-2H3,(H,19,20,21). The number of nitrogens with one attached hydrogen (secondary N) is 1. The fourth-order valence-electron chi connectivity index (χ4n) is 2.90. The molecule has 1 heterocycles. The van der Waals surface area contributed by atoms with Crippen LogP contribution in [0.15, 0.2) is 0 Å². The lowest BCUT2D eigenvalue weighted by molar-refractivity contribution is 0.262. The van der Waals surface area contributed by atoms with Gasteiger partial charge in [0.15, 0.2) is 5.82 Å². The Bertz CT molecular complexity index is 508. The van der Waals surface area contributed by atoms with E-state index in [-0.39, 0.29) is 0 Å². The summed E-state index contributed by atoms with van der Waals surface area (Å²) in [6.45, 7) is 4.88. The molecule has 122 valence electrons. The molecule has 0 atom stereocenters. The predicted molar refractivity (Wildman–Crippen MR) is 89.2 cm³/mol. The first-order valence-corrected chi connectivity index (χ1v) is 8.70. The summed E-state index contributed by atoms with van der Waals surface area (Å²) in [6, 6.07) is 0.482. The average molecular weight is 304 g/mol. The molecule has 2 aliphatic rings. The topological polar surface area (TPSA) is 73.1 Å². The highest BCUT2D eigenvalue weighted by molar-refractivity contribution is 5.67. The summed E-state index contributed by atoms with van der Waals surface area (Å²) in [6.07, 6.45) is 8.67. The van der Waals surface area contributed by atoms with Gasteiger partial charge in [-0.15, -0.1) is 0 Å². The Morgan fingerprint density at radius 2 is 1.86 bits per heavy atom. The van der Waals surface area contributed by atoms with Crippen LogP contribution in [0.3, 0.4) is 0 Å². The first-order chi connectivity index (χ1) is 10.6. The zero-order valence-corrected chi connectivity index (χ0v) is 13.8. The largest absolute Gasteiger partial charge is 0.476 e. The fourth-order valence-corrected chi connectivity index (χ4v) is 2.90. The van der Waals surface area contributed by atoms with E-state index in [1.165, 1.54) is 44.9 Å². The molecule has 0 spiro atoms.